The number of hydrogen-bond donors (Lipinski definition) is 1. The zero-order valence-corrected chi connectivity index (χ0v) is 9.34. The molecule has 1 aromatic rings. The predicted octanol–water partition coefficient (Wildman–Crippen LogP) is 3.11. The summed E-state index contributed by atoms with van der Waals surface area (Å²) in [6.07, 6.45) is 4.06. The molecule has 0 unspecified atom stereocenters. The van der Waals surface area contributed by atoms with E-state index in [0.29, 0.717) is 0 Å². The van der Waals surface area contributed by atoms with Crippen LogP contribution >= 0.6 is 12.6 Å². The van der Waals surface area contributed by atoms with Crippen molar-refractivity contribution in [3.63, 3.8) is 0 Å². The molecular formula is C12H17NS. The maximum absolute atomic E-state index is 4.37. The van der Waals surface area contributed by atoms with Gasteiger partial charge in [-0.25, -0.2) is 0 Å². The highest BCUT2D eigenvalue weighted by atomic mass is 32.1. The summed E-state index contributed by atoms with van der Waals surface area (Å²) >= 11 is 4.37. The molecular weight excluding hydrogens is 190 g/mol. The van der Waals surface area contributed by atoms with Gasteiger partial charge in [0.05, 0.1) is 0 Å². The SMILES string of the molecule is SCc1ccccc1N1CCCCC1. The van der Waals surface area contributed by atoms with Crippen LogP contribution in [0.2, 0.25) is 0 Å². The first-order valence-electron chi connectivity index (χ1n) is 5.35. The number of hydrogen-bond acceptors (Lipinski definition) is 2. The van der Waals surface area contributed by atoms with Crippen LogP contribution in [0.25, 0.3) is 0 Å². The molecule has 2 heteroatoms. The standard InChI is InChI=1S/C12H17NS/c14-10-11-6-2-3-7-12(11)13-8-4-1-5-9-13/h2-3,6-7,14H,1,4-5,8-10H2. The van der Waals surface area contributed by atoms with Crippen molar-refractivity contribution < 1.29 is 0 Å². The molecule has 14 heavy (non-hydrogen) atoms. The Labute approximate surface area is 91.5 Å². The molecule has 1 fully saturated rings. The lowest BCUT2D eigenvalue weighted by atomic mass is 10.1. The molecule has 0 spiro atoms. The molecule has 76 valence electrons. The highest BCUT2D eigenvalue weighted by Gasteiger charge is 2.12. The summed E-state index contributed by atoms with van der Waals surface area (Å²) in [6, 6.07) is 8.61. The van der Waals surface area contributed by atoms with Crippen LogP contribution in [0.5, 0.6) is 0 Å². The second-order valence-electron chi connectivity index (χ2n) is 3.83. The van der Waals surface area contributed by atoms with E-state index in [0.717, 1.165) is 5.75 Å². The van der Waals surface area contributed by atoms with Crippen LogP contribution in [0.1, 0.15) is 24.8 Å². The summed E-state index contributed by atoms with van der Waals surface area (Å²) in [5.41, 5.74) is 2.75. The van der Waals surface area contributed by atoms with Gasteiger partial charge in [0.25, 0.3) is 0 Å². The zero-order chi connectivity index (χ0) is 9.80. The lowest BCUT2D eigenvalue weighted by Crippen LogP contribution is -2.30. The lowest BCUT2D eigenvalue weighted by molar-refractivity contribution is 0.577. The molecule has 0 radical (unpaired) electrons. The molecule has 0 aliphatic carbocycles. The van der Waals surface area contributed by atoms with Crippen molar-refractivity contribution in [3.8, 4) is 0 Å². The normalized spacial score (nSPS) is 17.1. The van der Waals surface area contributed by atoms with E-state index in [1.165, 1.54) is 43.6 Å². The highest BCUT2D eigenvalue weighted by molar-refractivity contribution is 7.79. The number of piperidine rings is 1. The Morgan fingerprint density at radius 1 is 1.07 bits per heavy atom. The van der Waals surface area contributed by atoms with Crippen LogP contribution in [0.15, 0.2) is 24.3 Å². The van der Waals surface area contributed by atoms with Crippen molar-refractivity contribution in [1.29, 1.82) is 0 Å². The molecule has 1 aromatic carbocycles. The Morgan fingerprint density at radius 2 is 1.79 bits per heavy atom. The number of benzene rings is 1. The number of rotatable bonds is 2. The van der Waals surface area contributed by atoms with Gasteiger partial charge >= 0.3 is 0 Å². The zero-order valence-electron chi connectivity index (χ0n) is 8.45. The first-order chi connectivity index (χ1) is 6.92. The summed E-state index contributed by atoms with van der Waals surface area (Å²) in [5.74, 6) is 0.840. The Kier molecular flexibility index (Phi) is 3.35. The summed E-state index contributed by atoms with van der Waals surface area (Å²) in [4.78, 5) is 2.50. The Hall–Kier alpha value is -0.630. The Bertz CT molecular complexity index is 292. The van der Waals surface area contributed by atoms with Crippen LogP contribution < -0.4 is 4.90 Å². The average molecular weight is 207 g/mol. The first kappa shape index (κ1) is 9.91. The predicted molar refractivity (Wildman–Crippen MR) is 65.2 cm³/mol. The topological polar surface area (TPSA) is 3.24 Å². The fraction of sp³-hybridized carbons (Fsp3) is 0.500. The van der Waals surface area contributed by atoms with Gasteiger partial charge in [-0.2, -0.15) is 12.6 Å². The maximum atomic E-state index is 4.37. The lowest BCUT2D eigenvalue weighted by Gasteiger charge is -2.30. The number of thiol groups is 1. The summed E-state index contributed by atoms with van der Waals surface area (Å²) in [6.45, 7) is 2.43. The summed E-state index contributed by atoms with van der Waals surface area (Å²) in [7, 11) is 0. The molecule has 2 rings (SSSR count). The van der Waals surface area contributed by atoms with Crippen LogP contribution in [0, 0.1) is 0 Å². The van der Waals surface area contributed by atoms with Crippen LogP contribution in [0.4, 0.5) is 5.69 Å². The summed E-state index contributed by atoms with van der Waals surface area (Å²) in [5, 5.41) is 0. The van der Waals surface area contributed by atoms with Gasteiger partial charge in [-0.05, 0) is 30.9 Å². The molecule has 0 aromatic heterocycles. The molecule has 0 N–H and O–H groups in total. The van der Waals surface area contributed by atoms with Gasteiger partial charge in [0.15, 0.2) is 0 Å². The smallest absolute Gasteiger partial charge is 0.0407 e. The molecule has 0 bridgehead atoms. The second kappa shape index (κ2) is 4.74. The van der Waals surface area contributed by atoms with E-state index >= 15 is 0 Å². The first-order valence-corrected chi connectivity index (χ1v) is 5.99. The van der Waals surface area contributed by atoms with Gasteiger partial charge in [0, 0.05) is 24.5 Å². The van der Waals surface area contributed by atoms with Gasteiger partial charge in [0.1, 0.15) is 0 Å². The molecule has 1 aliphatic heterocycles. The third kappa shape index (κ3) is 2.06. The quantitative estimate of drug-likeness (QED) is 0.729. The fourth-order valence-corrected chi connectivity index (χ4v) is 2.36. The van der Waals surface area contributed by atoms with E-state index in [1.54, 1.807) is 0 Å². The van der Waals surface area contributed by atoms with Gasteiger partial charge in [-0.15, -0.1) is 0 Å². The highest BCUT2D eigenvalue weighted by Crippen LogP contribution is 2.24. The van der Waals surface area contributed by atoms with Gasteiger partial charge in [-0.3, -0.25) is 0 Å². The van der Waals surface area contributed by atoms with Crippen LogP contribution in [-0.2, 0) is 5.75 Å². The number of anilines is 1. The molecule has 0 saturated carbocycles. The van der Waals surface area contributed by atoms with Crippen molar-refractivity contribution >= 4 is 18.3 Å². The van der Waals surface area contributed by atoms with Crippen LogP contribution in [-0.4, -0.2) is 13.1 Å². The third-order valence-corrected chi connectivity index (χ3v) is 3.20. The molecule has 0 amide bonds. The van der Waals surface area contributed by atoms with E-state index in [-0.39, 0.29) is 0 Å². The van der Waals surface area contributed by atoms with Gasteiger partial charge in [0.2, 0.25) is 0 Å². The molecule has 1 nitrogen and oxygen atoms in total. The van der Waals surface area contributed by atoms with E-state index in [9.17, 15) is 0 Å². The minimum Gasteiger partial charge on any atom is -0.371 e. The molecule has 1 heterocycles. The van der Waals surface area contributed by atoms with E-state index in [2.05, 4.69) is 41.8 Å². The maximum Gasteiger partial charge on any atom is 0.0407 e. The van der Waals surface area contributed by atoms with Gasteiger partial charge in [-0.1, -0.05) is 18.2 Å². The fourth-order valence-electron chi connectivity index (χ4n) is 2.09. The van der Waals surface area contributed by atoms with E-state index in [4.69, 9.17) is 0 Å². The van der Waals surface area contributed by atoms with Crippen LogP contribution in [0.3, 0.4) is 0 Å². The summed E-state index contributed by atoms with van der Waals surface area (Å²) < 4.78 is 0. The number of nitrogens with zero attached hydrogens (tertiary/aromatic N) is 1. The van der Waals surface area contributed by atoms with Crippen molar-refractivity contribution in [3.05, 3.63) is 29.8 Å². The van der Waals surface area contributed by atoms with Crippen molar-refractivity contribution in [2.75, 3.05) is 18.0 Å². The van der Waals surface area contributed by atoms with Gasteiger partial charge < -0.3 is 4.90 Å². The van der Waals surface area contributed by atoms with Crippen molar-refractivity contribution in [2.45, 2.75) is 25.0 Å². The number of para-hydroxylation sites is 1. The Morgan fingerprint density at radius 3 is 2.50 bits per heavy atom. The molecule has 0 atom stereocenters. The monoisotopic (exact) mass is 207 g/mol. The minimum atomic E-state index is 0.840. The average Bonchev–Trinajstić information content (AvgIpc) is 2.30. The van der Waals surface area contributed by atoms with Crippen molar-refractivity contribution in [1.82, 2.24) is 0 Å². The third-order valence-electron chi connectivity index (χ3n) is 2.86. The largest absolute Gasteiger partial charge is 0.371 e. The van der Waals surface area contributed by atoms with Crippen molar-refractivity contribution in [2.24, 2.45) is 0 Å². The second-order valence-corrected chi connectivity index (χ2v) is 4.15. The minimum absolute atomic E-state index is 0.840. The molecule has 1 aliphatic rings. The Balaban J connectivity index is 2.20. The van der Waals surface area contributed by atoms with E-state index < -0.39 is 0 Å². The van der Waals surface area contributed by atoms with E-state index in [1.807, 2.05) is 0 Å². The molecule has 1 saturated heterocycles.